The van der Waals surface area contributed by atoms with Crippen molar-refractivity contribution in [2.24, 2.45) is 29.6 Å². The number of rotatable bonds is 13. The third-order valence-electron chi connectivity index (χ3n) is 7.97. The Balaban J connectivity index is 1.64. The van der Waals surface area contributed by atoms with E-state index in [1.165, 1.54) is 6.92 Å². The van der Waals surface area contributed by atoms with Crippen LogP contribution in [-0.2, 0) is 4.74 Å². The molecule has 32 heavy (non-hydrogen) atoms. The predicted molar refractivity (Wildman–Crippen MR) is 129 cm³/mol. The summed E-state index contributed by atoms with van der Waals surface area (Å²) >= 11 is 0. The Morgan fingerprint density at radius 3 is 2.22 bits per heavy atom. The molecule has 2 rings (SSSR count). The molecule has 2 aliphatic rings. The zero-order valence-electron chi connectivity index (χ0n) is 20.1. The van der Waals surface area contributed by atoms with Crippen LogP contribution in [0.3, 0.4) is 0 Å². The van der Waals surface area contributed by atoms with E-state index in [9.17, 15) is 13.2 Å². The molecule has 0 spiro atoms. The number of allylic oxidation sites excluding steroid dienone is 2. The second-order valence-electron chi connectivity index (χ2n) is 10.4. The van der Waals surface area contributed by atoms with E-state index in [2.05, 4.69) is 16.2 Å². The van der Waals surface area contributed by atoms with E-state index in [0.29, 0.717) is 37.2 Å². The van der Waals surface area contributed by atoms with Gasteiger partial charge in [-0.3, -0.25) is 4.39 Å². The summed E-state index contributed by atoms with van der Waals surface area (Å²) in [5.41, 5.74) is -0.575. The summed E-state index contributed by atoms with van der Waals surface area (Å²) in [7, 11) is 2.33. The largest absolute Gasteiger partial charge is 0.380 e. The molecule has 2 fully saturated rings. The van der Waals surface area contributed by atoms with Crippen LogP contribution in [0.1, 0.15) is 84.5 Å². The second kappa shape index (κ2) is 15.0. The summed E-state index contributed by atoms with van der Waals surface area (Å²) in [5, 5.41) is 0. The van der Waals surface area contributed by atoms with Crippen molar-refractivity contribution in [3.63, 3.8) is 0 Å². The van der Waals surface area contributed by atoms with Crippen LogP contribution in [-0.4, -0.2) is 37.9 Å². The molecule has 0 aliphatic heterocycles. The smallest absolute Gasteiger partial charge is 0.159 e. The highest BCUT2D eigenvalue weighted by Gasteiger charge is 2.32. The van der Waals surface area contributed by atoms with Crippen molar-refractivity contribution in [1.82, 2.24) is 0 Å². The van der Waals surface area contributed by atoms with Gasteiger partial charge in [0.05, 0.1) is 13.3 Å². The van der Waals surface area contributed by atoms with Gasteiger partial charge in [0.15, 0.2) is 6.17 Å². The summed E-state index contributed by atoms with van der Waals surface area (Å²) in [6, 6.07) is 0. The molecular formula is C26H45F4OP. The van der Waals surface area contributed by atoms with Crippen LogP contribution in [0.4, 0.5) is 17.6 Å². The molecule has 0 bridgehead atoms. The fourth-order valence-electron chi connectivity index (χ4n) is 5.67. The maximum atomic E-state index is 15.1. The molecule has 0 N–H and O–H groups in total. The molecule has 0 aromatic rings. The lowest BCUT2D eigenvalue weighted by molar-refractivity contribution is 0.0646. The highest BCUT2D eigenvalue weighted by atomic mass is 31.0. The van der Waals surface area contributed by atoms with Crippen LogP contribution < -0.4 is 0 Å². The summed E-state index contributed by atoms with van der Waals surface area (Å²) in [6.07, 6.45) is 9.10. The third kappa shape index (κ3) is 9.24. The molecule has 0 radical (unpaired) electrons. The molecule has 5 atom stereocenters. The molecule has 1 nitrogen and oxygen atoms in total. The Morgan fingerprint density at radius 2 is 1.62 bits per heavy atom. The van der Waals surface area contributed by atoms with E-state index in [1.54, 1.807) is 0 Å². The molecule has 5 unspecified atom stereocenters. The average Bonchev–Trinajstić information content (AvgIpc) is 2.81. The number of hydrogen-bond acceptors (Lipinski definition) is 1. The summed E-state index contributed by atoms with van der Waals surface area (Å²) in [5.74, 6) is 1.21. The molecular weight excluding hydrogens is 435 g/mol. The van der Waals surface area contributed by atoms with Gasteiger partial charge in [0.25, 0.3) is 0 Å². The van der Waals surface area contributed by atoms with E-state index >= 15 is 4.39 Å². The predicted octanol–water partition coefficient (Wildman–Crippen LogP) is 8.18. The normalized spacial score (nSPS) is 31.2. The molecule has 0 saturated heterocycles. The Labute approximate surface area is 195 Å². The molecule has 6 heteroatoms. The lowest BCUT2D eigenvalue weighted by Gasteiger charge is -2.35. The van der Waals surface area contributed by atoms with E-state index in [1.807, 2.05) is 0 Å². The minimum atomic E-state index is -1.63. The fourth-order valence-corrected chi connectivity index (χ4v) is 5.99. The molecule has 0 heterocycles. The highest BCUT2D eigenvalue weighted by molar-refractivity contribution is 7.17. The van der Waals surface area contributed by atoms with Crippen LogP contribution in [0.5, 0.6) is 0 Å². The van der Waals surface area contributed by atoms with E-state index < -0.39 is 30.5 Å². The first-order chi connectivity index (χ1) is 15.3. The summed E-state index contributed by atoms with van der Waals surface area (Å²) in [6.45, 7) is 4.10. The maximum absolute atomic E-state index is 15.1. The monoisotopic (exact) mass is 480 g/mol. The number of halogens is 4. The van der Waals surface area contributed by atoms with Crippen LogP contribution in [0.15, 0.2) is 11.9 Å². The quantitative estimate of drug-likeness (QED) is 0.191. The van der Waals surface area contributed by atoms with Crippen molar-refractivity contribution in [3.05, 3.63) is 11.9 Å². The first-order valence-corrected chi connectivity index (χ1v) is 13.5. The van der Waals surface area contributed by atoms with Crippen molar-refractivity contribution >= 4 is 9.24 Å². The van der Waals surface area contributed by atoms with Gasteiger partial charge in [-0.1, -0.05) is 38.7 Å². The lowest BCUT2D eigenvalue weighted by atomic mass is 9.72. The van der Waals surface area contributed by atoms with Gasteiger partial charge in [-0.15, -0.1) is 9.24 Å². The first-order valence-electron chi connectivity index (χ1n) is 12.8. The number of alkyl halides is 3. The van der Waals surface area contributed by atoms with Crippen molar-refractivity contribution in [2.45, 2.75) is 102 Å². The number of hydrogen-bond donors (Lipinski definition) is 0. The van der Waals surface area contributed by atoms with Crippen LogP contribution >= 0.6 is 9.24 Å². The second-order valence-corrected chi connectivity index (χ2v) is 11.3. The topological polar surface area (TPSA) is 9.23 Å². The lowest BCUT2D eigenvalue weighted by Crippen LogP contribution is -2.29. The van der Waals surface area contributed by atoms with Gasteiger partial charge in [0.2, 0.25) is 0 Å². The molecule has 0 aromatic carbocycles. The highest BCUT2D eigenvalue weighted by Crippen LogP contribution is 2.39. The van der Waals surface area contributed by atoms with Crippen LogP contribution in [0, 0.1) is 29.6 Å². The Hall–Kier alpha value is -0.150. The van der Waals surface area contributed by atoms with Gasteiger partial charge < -0.3 is 4.74 Å². The Kier molecular flexibility index (Phi) is 13.1. The average molecular weight is 481 g/mol. The van der Waals surface area contributed by atoms with E-state index in [4.69, 9.17) is 4.74 Å². The standard InChI is InChI=1S/C26H45F4OP/c1-3-23(28)26(30)25(32)17-31-16-20-8-6-19(7-9-20)10-13-24(29)22(14-15-27)21-11-4-18(2)5-12-21/h3,18-22,24-26H,4-17,32H2,1-2H3/b23-3+. The zero-order chi connectivity index (χ0) is 23.5. The SMILES string of the molecule is C/C=C(/F)C(F)C(P)COCC1CCC(CCC(F)C(CCF)C2CCC(C)CC2)CC1. The van der Waals surface area contributed by atoms with Gasteiger partial charge in [-0.05, 0) is 81.5 Å². The van der Waals surface area contributed by atoms with Gasteiger partial charge in [0.1, 0.15) is 12.0 Å². The van der Waals surface area contributed by atoms with Gasteiger partial charge in [-0.2, -0.15) is 0 Å². The van der Waals surface area contributed by atoms with Crippen molar-refractivity contribution < 1.29 is 22.3 Å². The Morgan fingerprint density at radius 1 is 1.00 bits per heavy atom. The molecule has 188 valence electrons. The van der Waals surface area contributed by atoms with Gasteiger partial charge >= 0.3 is 0 Å². The van der Waals surface area contributed by atoms with Crippen molar-refractivity contribution in [3.8, 4) is 0 Å². The van der Waals surface area contributed by atoms with Crippen LogP contribution in [0.25, 0.3) is 0 Å². The van der Waals surface area contributed by atoms with E-state index in [-0.39, 0.29) is 12.5 Å². The summed E-state index contributed by atoms with van der Waals surface area (Å²) in [4.78, 5) is 0. The molecule has 2 aliphatic carbocycles. The molecule has 2 saturated carbocycles. The third-order valence-corrected chi connectivity index (χ3v) is 8.50. The first kappa shape index (κ1) is 28.1. The fraction of sp³-hybridized carbons (Fsp3) is 0.923. The van der Waals surface area contributed by atoms with E-state index in [0.717, 1.165) is 69.8 Å². The van der Waals surface area contributed by atoms with Crippen LogP contribution in [0.2, 0.25) is 0 Å². The maximum Gasteiger partial charge on any atom is 0.159 e. The van der Waals surface area contributed by atoms with Crippen molar-refractivity contribution in [2.75, 3.05) is 19.9 Å². The zero-order valence-corrected chi connectivity index (χ0v) is 21.2. The molecule has 0 aromatic heterocycles. The minimum Gasteiger partial charge on any atom is -0.380 e. The van der Waals surface area contributed by atoms with Gasteiger partial charge in [0, 0.05) is 12.3 Å². The van der Waals surface area contributed by atoms with Gasteiger partial charge in [-0.25, -0.2) is 13.2 Å². The summed E-state index contributed by atoms with van der Waals surface area (Å²) < 4.78 is 61.0. The Bertz CT molecular complexity index is 530. The number of ether oxygens (including phenoxy) is 1. The molecule has 0 amide bonds. The minimum absolute atomic E-state index is 0.108. The van der Waals surface area contributed by atoms with Crippen molar-refractivity contribution in [1.29, 1.82) is 0 Å².